The van der Waals surface area contributed by atoms with E-state index < -0.39 is 5.41 Å². The number of methoxy groups -OCH3 is 1. The molecule has 1 N–H and O–H groups in total. The minimum Gasteiger partial charge on any atom is -0.469 e. The van der Waals surface area contributed by atoms with Gasteiger partial charge in [-0.05, 0) is 12.8 Å². The number of aliphatic hydroxyl groups is 1. The van der Waals surface area contributed by atoms with Crippen LogP contribution in [0.25, 0.3) is 0 Å². The number of hydrogen-bond acceptors (Lipinski definition) is 3. The Hall–Kier alpha value is -0.570. The van der Waals surface area contributed by atoms with Crippen molar-refractivity contribution < 1.29 is 14.6 Å². The van der Waals surface area contributed by atoms with Gasteiger partial charge in [0, 0.05) is 0 Å². The van der Waals surface area contributed by atoms with E-state index in [1.54, 1.807) is 0 Å². The fourth-order valence-corrected chi connectivity index (χ4v) is 1.25. The van der Waals surface area contributed by atoms with Crippen LogP contribution in [-0.4, -0.2) is 24.8 Å². The van der Waals surface area contributed by atoms with Gasteiger partial charge in [-0.1, -0.05) is 6.42 Å². The molecule has 1 aliphatic rings. The van der Waals surface area contributed by atoms with Gasteiger partial charge in [-0.3, -0.25) is 4.79 Å². The number of aliphatic hydroxyl groups excluding tert-OH is 1. The van der Waals surface area contributed by atoms with Gasteiger partial charge in [0.05, 0.1) is 19.1 Å². The van der Waals surface area contributed by atoms with E-state index in [1.165, 1.54) is 7.11 Å². The molecule has 3 heteroatoms. The van der Waals surface area contributed by atoms with E-state index in [9.17, 15) is 4.79 Å². The van der Waals surface area contributed by atoms with Crippen molar-refractivity contribution in [1.82, 2.24) is 0 Å². The van der Waals surface area contributed by atoms with Gasteiger partial charge in [0.1, 0.15) is 0 Å². The zero-order valence-electron chi connectivity index (χ0n) is 6.09. The van der Waals surface area contributed by atoms with Crippen LogP contribution in [0.3, 0.4) is 0 Å². The molecule has 0 unspecified atom stereocenters. The van der Waals surface area contributed by atoms with Crippen LogP contribution < -0.4 is 0 Å². The van der Waals surface area contributed by atoms with Gasteiger partial charge in [-0.15, -0.1) is 0 Å². The Bertz CT molecular complexity index is 132. The van der Waals surface area contributed by atoms with Crippen molar-refractivity contribution >= 4 is 5.97 Å². The lowest BCUT2D eigenvalue weighted by Gasteiger charge is -2.36. The van der Waals surface area contributed by atoms with Gasteiger partial charge in [0.2, 0.25) is 0 Å². The van der Waals surface area contributed by atoms with E-state index in [0.717, 1.165) is 19.3 Å². The third-order valence-corrected chi connectivity index (χ3v) is 2.23. The summed E-state index contributed by atoms with van der Waals surface area (Å²) in [5.74, 6) is -0.263. The van der Waals surface area contributed by atoms with Crippen LogP contribution in [0.5, 0.6) is 0 Å². The Kier molecular flexibility index (Phi) is 1.94. The molecule has 0 saturated heterocycles. The quantitative estimate of drug-likeness (QED) is 0.568. The summed E-state index contributed by atoms with van der Waals surface area (Å²) >= 11 is 0. The lowest BCUT2D eigenvalue weighted by atomic mass is 9.69. The Morgan fingerprint density at radius 1 is 1.70 bits per heavy atom. The summed E-state index contributed by atoms with van der Waals surface area (Å²) in [5, 5.41) is 8.84. The third-order valence-electron chi connectivity index (χ3n) is 2.23. The summed E-state index contributed by atoms with van der Waals surface area (Å²) in [4.78, 5) is 11.0. The largest absolute Gasteiger partial charge is 0.469 e. The molecule has 0 heterocycles. The van der Waals surface area contributed by atoms with Gasteiger partial charge in [-0.25, -0.2) is 0 Å². The van der Waals surface area contributed by atoms with Crippen LogP contribution in [-0.2, 0) is 9.53 Å². The molecule has 0 bridgehead atoms. The number of esters is 1. The topological polar surface area (TPSA) is 46.5 Å². The summed E-state index contributed by atoms with van der Waals surface area (Å²) in [5.41, 5.74) is -0.533. The minimum atomic E-state index is -0.533. The highest BCUT2D eigenvalue weighted by molar-refractivity contribution is 5.77. The summed E-state index contributed by atoms with van der Waals surface area (Å²) in [6.45, 7) is -0.0698. The number of carbonyl (C=O) groups is 1. The predicted octanol–water partition coefficient (Wildman–Crippen LogP) is 0.322. The molecule has 0 aliphatic heterocycles. The highest BCUT2D eigenvalue weighted by Crippen LogP contribution is 2.41. The second kappa shape index (κ2) is 2.58. The first kappa shape index (κ1) is 7.54. The Morgan fingerprint density at radius 3 is 2.40 bits per heavy atom. The van der Waals surface area contributed by atoms with Crippen LogP contribution in [0.2, 0.25) is 0 Å². The van der Waals surface area contributed by atoms with Crippen molar-refractivity contribution in [2.75, 3.05) is 13.7 Å². The lowest BCUT2D eigenvalue weighted by molar-refractivity contribution is -0.161. The van der Waals surface area contributed by atoms with Crippen LogP contribution in [0.4, 0.5) is 0 Å². The Balaban J connectivity index is 2.55. The first-order valence-electron chi connectivity index (χ1n) is 3.44. The van der Waals surface area contributed by atoms with E-state index >= 15 is 0 Å². The number of carbonyl (C=O) groups excluding carboxylic acids is 1. The molecule has 1 saturated carbocycles. The van der Waals surface area contributed by atoms with Crippen molar-refractivity contribution in [3.63, 3.8) is 0 Å². The highest BCUT2D eigenvalue weighted by Gasteiger charge is 2.44. The average Bonchev–Trinajstić information content (AvgIpc) is 1.86. The smallest absolute Gasteiger partial charge is 0.314 e. The van der Waals surface area contributed by atoms with E-state index in [0.29, 0.717) is 0 Å². The van der Waals surface area contributed by atoms with Crippen molar-refractivity contribution in [3.8, 4) is 0 Å². The molecule has 0 atom stereocenters. The summed E-state index contributed by atoms with van der Waals surface area (Å²) < 4.78 is 4.55. The first-order chi connectivity index (χ1) is 4.75. The molecule has 0 aromatic rings. The second-order valence-corrected chi connectivity index (χ2v) is 2.78. The predicted molar refractivity (Wildman–Crippen MR) is 35.4 cm³/mol. The Labute approximate surface area is 60.0 Å². The maximum Gasteiger partial charge on any atom is 0.314 e. The van der Waals surface area contributed by atoms with Gasteiger partial charge in [0.15, 0.2) is 0 Å². The van der Waals surface area contributed by atoms with Gasteiger partial charge < -0.3 is 9.84 Å². The molecular formula is C7H12O3. The fraction of sp³-hybridized carbons (Fsp3) is 0.857. The summed E-state index contributed by atoms with van der Waals surface area (Å²) in [6, 6.07) is 0. The normalized spacial score (nSPS) is 21.4. The lowest BCUT2D eigenvalue weighted by Crippen LogP contribution is -2.42. The van der Waals surface area contributed by atoms with Crippen LogP contribution in [0, 0.1) is 5.41 Å². The van der Waals surface area contributed by atoms with Crippen LogP contribution in [0.1, 0.15) is 19.3 Å². The molecular weight excluding hydrogens is 132 g/mol. The third kappa shape index (κ3) is 0.904. The summed E-state index contributed by atoms with van der Waals surface area (Å²) in [6.07, 6.45) is 2.57. The SMILES string of the molecule is COC(=O)C1(CO)CCC1. The van der Waals surface area contributed by atoms with Crippen molar-refractivity contribution in [3.05, 3.63) is 0 Å². The van der Waals surface area contributed by atoms with Crippen molar-refractivity contribution in [2.45, 2.75) is 19.3 Å². The number of rotatable bonds is 2. The number of ether oxygens (including phenoxy) is 1. The molecule has 58 valence electrons. The second-order valence-electron chi connectivity index (χ2n) is 2.78. The molecule has 0 spiro atoms. The Morgan fingerprint density at radius 2 is 2.30 bits per heavy atom. The standard InChI is InChI=1S/C7H12O3/c1-10-6(9)7(5-8)3-2-4-7/h8H,2-5H2,1H3. The molecule has 10 heavy (non-hydrogen) atoms. The molecule has 1 fully saturated rings. The molecule has 3 nitrogen and oxygen atoms in total. The van der Waals surface area contributed by atoms with Crippen molar-refractivity contribution in [1.29, 1.82) is 0 Å². The molecule has 0 amide bonds. The van der Waals surface area contributed by atoms with Gasteiger partial charge in [0.25, 0.3) is 0 Å². The molecule has 0 radical (unpaired) electrons. The van der Waals surface area contributed by atoms with Crippen molar-refractivity contribution in [2.24, 2.45) is 5.41 Å². The van der Waals surface area contributed by atoms with E-state index in [4.69, 9.17) is 5.11 Å². The highest BCUT2D eigenvalue weighted by atomic mass is 16.5. The maximum atomic E-state index is 11.0. The molecule has 0 aromatic carbocycles. The van der Waals surface area contributed by atoms with Crippen LogP contribution >= 0.6 is 0 Å². The van der Waals surface area contributed by atoms with Crippen LogP contribution in [0.15, 0.2) is 0 Å². The zero-order valence-corrected chi connectivity index (χ0v) is 6.09. The van der Waals surface area contributed by atoms with E-state index in [-0.39, 0.29) is 12.6 Å². The van der Waals surface area contributed by atoms with Gasteiger partial charge in [-0.2, -0.15) is 0 Å². The number of hydrogen-bond donors (Lipinski definition) is 1. The molecule has 1 rings (SSSR count). The van der Waals surface area contributed by atoms with Gasteiger partial charge >= 0.3 is 5.97 Å². The fourth-order valence-electron chi connectivity index (χ4n) is 1.25. The maximum absolute atomic E-state index is 11.0. The zero-order chi connectivity index (χ0) is 7.61. The van der Waals surface area contributed by atoms with E-state index in [2.05, 4.69) is 4.74 Å². The first-order valence-corrected chi connectivity index (χ1v) is 3.44. The minimum absolute atomic E-state index is 0.0698. The summed E-state index contributed by atoms with van der Waals surface area (Å²) in [7, 11) is 1.36. The molecule has 1 aliphatic carbocycles. The monoisotopic (exact) mass is 144 g/mol. The van der Waals surface area contributed by atoms with E-state index in [1.807, 2.05) is 0 Å². The molecule has 0 aromatic heterocycles. The average molecular weight is 144 g/mol.